The minimum Gasteiger partial charge on any atom is -0.400 e. The van der Waals surface area contributed by atoms with Gasteiger partial charge in [-0.15, -0.1) is 0 Å². The van der Waals surface area contributed by atoms with Gasteiger partial charge in [0, 0.05) is 25.2 Å². The number of urea groups is 1. The predicted octanol–water partition coefficient (Wildman–Crippen LogP) is 4.43. The Labute approximate surface area is 165 Å². The number of carbonyl (C=O) groups is 1. The molecule has 2 aromatic carbocycles. The van der Waals surface area contributed by atoms with Gasteiger partial charge < -0.3 is 20.3 Å². The van der Waals surface area contributed by atoms with Crippen molar-refractivity contribution in [1.82, 2.24) is 4.57 Å². The normalized spacial score (nSPS) is 9.54. The van der Waals surface area contributed by atoms with Crippen molar-refractivity contribution in [3.05, 3.63) is 70.0 Å². The number of hydrogen-bond acceptors (Lipinski definition) is 3. The number of anilines is 2. The lowest BCUT2D eigenvalue weighted by Crippen LogP contribution is -2.28. The number of fused-ring (bicyclic) bond motifs is 1. The number of aliphatic hydroxyl groups is 1. The maximum atomic E-state index is 12.6. The van der Waals surface area contributed by atoms with E-state index < -0.39 is 6.03 Å². The van der Waals surface area contributed by atoms with Gasteiger partial charge in [-0.1, -0.05) is 50.2 Å². The first-order valence-corrected chi connectivity index (χ1v) is 9.15. The first-order chi connectivity index (χ1) is 13.5. The van der Waals surface area contributed by atoms with Crippen molar-refractivity contribution >= 4 is 28.3 Å². The van der Waals surface area contributed by atoms with Gasteiger partial charge >= 0.3 is 6.03 Å². The molecule has 0 fully saturated rings. The van der Waals surface area contributed by atoms with Crippen molar-refractivity contribution in [1.29, 1.82) is 0 Å². The maximum absolute atomic E-state index is 12.6. The Bertz CT molecular complexity index is 994. The molecular formula is C22H29N3O3. The highest BCUT2D eigenvalue weighted by atomic mass is 16.2. The molecule has 0 aliphatic heterocycles. The number of pyridine rings is 1. The average Bonchev–Trinajstić information content (AvgIpc) is 2.74. The number of amides is 2. The summed E-state index contributed by atoms with van der Waals surface area (Å²) < 4.78 is 1.55. The van der Waals surface area contributed by atoms with Crippen LogP contribution in [0, 0.1) is 13.8 Å². The van der Waals surface area contributed by atoms with Gasteiger partial charge in [-0.05, 0) is 37.1 Å². The molecule has 6 nitrogen and oxygen atoms in total. The lowest BCUT2D eigenvalue weighted by molar-refractivity contribution is 0.262. The fourth-order valence-electron chi connectivity index (χ4n) is 2.78. The van der Waals surface area contributed by atoms with Crippen LogP contribution >= 0.6 is 0 Å². The van der Waals surface area contributed by atoms with Gasteiger partial charge in [0.15, 0.2) is 0 Å². The Kier molecular flexibility index (Phi) is 8.91. The molecule has 0 bridgehead atoms. The minimum atomic E-state index is -0.431. The third kappa shape index (κ3) is 4.98. The van der Waals surface area contributed by atoms with Crippen LogP contribution in [0.2, 0.25) is 0 Å². The highest BCUT2D eigenvalue weighted by Gasteiger charge is 2.14. The summed E-state index contributed by atoms with van der Waals surface area (Å²) in [5, 5.41) is 13.4. The number of nitrogens with zero attached hydrogens (tertiary/aromatic N) is 1. The van der Waals surface area contributed by atoms with Crippen LogP contribution in [0.4, 0.5) is 16.2 Å². The van der Waals surface area contributed by atoms with Crippen molar-refractivity contribution in [2.24, 2.45) is 7.05 Å². The third-order valence-corrected chi connectivity index (χ3v) is 4.19. The lowest BCUT2D eigenvalue weighted by Gasteiger charge is -2.14. The Morgan fingerprint density at radius 3 is 2.14 bits per heavy atom. The molecule has 150 valence electrons. The molecule has 3 rings (SSSR count). The summed E-state index contributed by atoms with van der Waals surface area (Å²) in [5.41, 5.74) is 3.33. The third-order valence-electron chi connectivity index (χ3n) is 4.19. The summed E-state index contributed by atoms with van der Waals surface area (Å²) >= 11 is 0. The SMILES string of the molecule is CC.CO.Cc1ccccc1NC(=O)Nc1c(C)c2ccccc2n(C)c1=O. The smallest absolute Gasteiger partial charge is 0.323 e. The highest BCUT2D eigenvalue weighted by molar-refractivity contribution is 6.02. The van der Waals surface area contributed by atoms with E-state index in [1.165, 1.54) is 0 Å². The molecule has 28 heavy (non-hydrogen) atoms. The van der Waals surface area contributed by atoms with Gasteiger partial charge in [0.1, 0.15) is 5.69 Å². The molecule has 6 heteroatoms. The van der Waals surface area contributed by atoms with Gasteiger partial charge in [-0.25, -0.2) is 4.79 Å². The molecular weight excluding hydrogens is 354 g/mol. The van der Waals surface area contributed by atoms with E-state index in [0.29, 0.717) is 11.4 Å². The van der Waals surface area contributed by atoms with Crippen LogP contribution in [0.5, 0.6) is 0 Å². The number of para-hydroxylation sites is 2. The largest absolute Gasteiger partial charge is 0.400 e. The molecule has 0 aliphatic rings. The molecule has 0 atom stereocenters. The molecule has 0 saturated heterocycles. The van der Waals surface area contributed by atoms with Crippen LogP contribution in [0.15, 0.2) is 53.3 Å². The number of hydrogen-bond donors (Lipinski definition) is 3. The van der Waals surface area contributed by atoms with E-state index in [0.717, 1.165) is 29.1 Å². The van der Waals surface area contributed by atoms with Crippen molar-refractivity contribution in [2.75, 3.05) is 17.7 Å². The molecule has 1 heterocycles. The zero-order valence-electron chi connectivity index (χ0n) is 17.3. The van der Waals surface area contributed by atoms with Gasteiger partial charge in [0.05, 0.1) is 5.52 Å². The summed E-state index contributed by atoms with van der Waals surface area (Å²) in [6, 6.07) is 14.7. The first-order valence-electron chi connectivity index (χ1n) is 9.15. The standard InChI is InChI=1S/C19H19N3O2.C2H6.CH4O/c1-12-8-4-6-10-15(12)20-19(24)21-17-13(2)14-9-5-7-11-16(14)22(3)18(17)23;2*1-2/h4-11H,1-3H3,(H2,20,21,24);1-2H3;2H,1H3. The van der Waals surface area contributed by atoms with E-state index in [-0.39, 0.29) is 5.56 Å². The van der Waals surface area contributed by atoms with E-state index in [9.17, 15) is 9.59 Å². The second-order valence-corrected chi connectivity index (χ2v) is 5.78. The van der Waals surface area contributed by atoms with Crippen LogP contribution in [-0.4, -0.2) is 22.8 Å². The number of aryl methyl sites for hydroxylation is 3. The molecule has 3 N–H and O–H groups in total. The molecule has 2 amide bonds. The van der Waals surface area contributed by atoms with Gasteiger partial charge in [0.25, 0.3) is 5.56 Å². The van der Waals surface area contributed by atoms with Crippen LogP contribution in [0.1, 0.15) is 25.0 Å². The molecule has 3 aromatic rings. The summed E-state index contributed by atoms with van der Waals surface area (Å²) in [5.74, 6) is 0. The molecule has 0 saturated carbocycles. The number of benzene rings is 2. The van der Waals surface area contributed by atoms with Crippen LogP contribution in [0.25, 0.3) is 10.9 Å². The lowest BCUT2D eigenvalue weighted by atomic mass is 10.1. The molecule has 0 aliphatic carbocycles. The maximum Gasteiger partial charge on any atom is 0.323 e. The van der Waals surface area contributed by atoms with E-state index in [1.54, 1.807) is 11.6 Å². The predicted molar refractivity (Wildman–Crippen MR) is 117 cm³/mol. The van der Waals surface area contributed by atoms with Crippen molar-refractivity contribution in [2.45, 2.75) is 27.7 Å². The van der Waals surface area contributed by atoms with E-state index in [2.05, 4.69) is 10.6 Å². The van der Waals surface area contributed by atoms with Crippen molar-refractivity contribution in [3.63, 3.8) is 0 Å². The highest BCUT2D eigenvalue weighted by Crippen LogP contribution is 2.22. The topological polar surface area (TPSA) is 83.4 Å². The molecule has 0 unspecified atom stereocenters. The number of rotatable bonds is 2. The Balaban J connectivity index is 0.000000921. The Morgan fingerprint density at radius 1 is 0.929 bits per heavy atom. The fourth-order valence-corrected chi connectivity index (χ4v) is 2.78. The average molecular weight is 383 g/mol. The number of aliphatic hydroxyl groups excluding tert-OH is 1. The summed E-state index contributed by atoms with van der Waals surface area (Å²) in [6.45, 7) is 7.75. The van der Waals surface area contributed by atoms with Gasteiger partial charge in [-0.3, -0.25) is 4.79 Å². The second kappa shape index (κ2) is 10.9. The Morgan fingerprint density at radius 2 is 1.50 bits per heavy atom. The van der Waals surface area contributed by atoms with E-state index in [1.807, 2.05) is 76.2 Å². The summed E-state index contributed by atoms with van der Waals surface area (Å²) in [4.78, 5) is 24.9. The van der Waals surface area contributed by atoms with Gasteiger partial charge in [0.2, 0.25) is 0 Å². The van der Waals surface area contributed by atoms with Gasteiger partial charge in [-0.2, -0.15) is 0 Å². The summed E-state index contributed by atoms with van der Waals surface area (Å²) in [6.07, 6.45) is 0. The zero-order chi connectivity index (χ0) is 21.3. The Hall–Kier alpha value is -3.12. The number of carbonyl (C=O) groups excluding carboxylic acids is 1. The van der Waals surface area contributed by atoms with E-state index in [4.69, 9.17) is 5.11 Å². The zero-order valence-corrected chi connectivity index (χ0v) is 17.3. The minimum absolute atomic E-state index is 0.230. The van der Waals surface area contributed by atoms with Crippen LogP contribution < -0.4 is 16.2 Å². The quantitative estimate of drug-likeness (QED) is 0.612. The molecule has 0 radical (unpaired) electrons. The number of nitrogens with one attached hydrogen (secondary N) is 2. The van der Waals surface area contributed by atoms with Crippen LogP contribution in [0.3, 0.4) is 0 Å². The summed E-state index contributed by atoms with van der Waals surface area (Å²) in [7, 11) is 2.70. The van der Waals surface area contributed by atoms with E-state index >= 15 is 0 Å². The monoisotopic (exact) mass is 383 g/mol. The van der Waals surface area contributed by atoms with Crippen molar-refractivity contribution < 1.29 is 9.90 Å². The fraction of sp³-hybridized carbons (Fsp3) is 0.273. The number of aromatic nitrogens is 1. The van der Waals surface area contributed by atoms with Crippen molar-refractivity contribution in [3.8, 4) is 0 Å². The molecule has 0 spiro atoms. The van der Waals surface area contributed by atoms with Crippen LogP contribution in [-0.2, 0) is 7.05 Å². The molecule has 1 aromatic heterocycles. The first kappa shape index (κ1) is 22.9. The second-order valence-electron chi connectivity index (χ2n) is 5.78.